The molecule has 5 aromatic rings. The fourth-order valence-electron chi connectivity index (χ4n) is 5.14. The highest BCUT2D eigenvalue weighted by atomic mass is 16.5. The second-order valence-electron chi connectivity index (χ2n) is 9.42. The van der Waals surface area contributed by atoms with Gasteiger partial charge in [0.2, 0.25) is 5.76 Å². The van der Waals surface area contributed by atoms with Crippen molar-refractivity contribution in [2.75, 3.05) is 14.2 Å². The number of aromatic hydroxyl groups is 2. The van der Waals surface area contributed by atoms with E-state index in [1.54, 1.807) is 0 Å². The Balaban J connectivity index is 1.89. The monoisotopic (exact) mass is 586 g/mol. The average Bonchev–Trinajstić information content (AvgIpc) is 2.94. The fourth-order valence-corrected chi connectivity index (χ4v) is 5.14. The molecular formula is C31H22O12. The number of aromatic carboxylic acids is 1. The smallest absolute Gasteiger partial charge is 0.371 e. The number of carboxylic acid groups (broad SMARTS) is 2. The van der Waals surface area contributed by atoms with Crippen molar-refractivity contribution in [3.05, 3.63) is 87.5 Å². The van der Waals surface area contributed by atoms with Crippen LogP contribution in [0.4, 0.5) is 0 Å². The summed E-state index contributed by atoms with van der Waals surface area (Å²) in [6.07, 6.45) is 0.193. The molecule has 43 heavy (non-hydrogen) atoms. The summed E-state index contributed by atoms with van der Waals surface area (Å²) in [4.78, 5) is 49.6. The first kappa shape index (κ1) is 28.5. The molecule has 0 saturated heterocycles. The average molecular weight is 587 g/mol. The van der Waals surface area contributed by atoms with Gasteiger partial charge >= 0.3 is 17.6 Å². The Morgan fingerprint density at radius 1 is 0.837 bits per heavy atom. The minimum Gasteiger partial charge on any atom is -0.507 e. The van der Waals surface area contributed by atoms with Crippen LogP contribution in [0.1, 0.15) is 32.0 Å². The molecule has 0 amide bonds. The Kier molecular flexibility index (Phi) is 7.12. The second-order valence-corrected chi connectivity index (χ2v) is 9.42. The molecule has 0 aliphatic rings. The summed E-state index contributed by atoms with van der Waals surface area (Å²) >= 11 is 0. The van der Waals surface area contributed by atoms with Gasteiger partial charge in [0.15, 0.2) is 5.78 Å². The van der Waals surface area contributed by atoms with Crippen LogP contribution in [0.2, 0.25) is 0 Å². The number of rotatable bonds is 8. The Hall–Kier alpha value is -6.04. The summed E-state index contributed by atoms with van der Waals surface area (Å²) < 4.78 is 16.1. The first-order valence-electron chi connectivity index (χ1n) is 12.5. The van der Waals surface area contributed by atoms with Crippen molar-refractivity contribution in [3.8, 4) is 23.0 Å². The van der Waals surface area contributed by atoms with E-state index in [1.807, 2.05) is 0 Å². The Morgan fingerprint density at radius 2 is 1.47 bits per heavy atom. The van der Waals surface area contributed by atoms with Crippen molar-refractivity contribution in [3.63, 3.8) is 0 Å². The van der Waals surface area contributed by atoms with Crippen LogP contribution in [-0.2, 0) is 11.2 Å². The Bertz CT molecular complexity index is 2100. The highest BCUT2D eigenvalue weighted by Crippen LogP contribution is 2.47. The molecule has 4 aromatic carbocycles. The van der Waals surface area contributed by atoms with Crippen LogP contribution in [0, 0.1) is 0 Å². The molecule has 0 saturated carbocycles. The number of phenols is 2. The van der Waals surface area contributed by atoms with Crippen LogP contribution in [0.5, 0.6) is 23.0 Å². The molecule has 1 aromatic heterocycles. The van der Waals surface area contributed by atoms with Crippen molar-refractivity contribution in [2.24, 2.45) is 0 Å². The van der Waals surface area contributed by atoms with Gasteiger partial charge < -0.3 is 39.4 Å². The third-order valence-corrected chi connectivity index (χ3v) is 6.87. The van der Waals surface area contributed by atoms with E-state index in [-0.39, 0.29) is 60.9 Å². The number of allylic oxidation sites excluding steroid dienone is 1. The number of hydrogen-bond acceptors (Lipinski definition) is 10. The zero-order valence-electron chi connectivity index (χ0n) is 22.5. The van der Waals surface area contributed by atoms with Gasteiger partial charge in [-0.3, -0.25) is 9.59 Å². The van der Waals surface area contributed by atoms with Gasteiger partial charge in [-0.05, 0) is 58.1 Å². The van der Waals surface area contributed by atoms with Gasteiger partial charge in [0.05, 0.1) is 42.5 Å². The fraction of sp³-hybridized carbons (Fsp3) is 0.0968. The molecule has 12 nitrogen and oxygen atoms in total. The number of phenolic OH excluding ortho intramolecular Hbond substituents is 2. The van der Waals surface area contributed by atoms with E-state index in [9.17, 15) is 44.7 Å². The molecule has 1 heterocycles. The van der Waals surface area contributed by atoms with Crippen LogP contribution in [0.3, 0.4) is 0 Å². The molecule has 12 heteroatoms. The quantitative estimate of drug-likeness (QED) is 0.0731. The minimum absolute atomic E-state index is 0.00755. The summed E-state index contributed by atoms with van der Waals surface area (Å²) in [6, 6.07) is 11.2. The topological polar surface area (TPSA) is 201 Å². The number of para-hydroxylation sites is 1. The number of methoxy groups -OCH3 is 2. The number of hydrogen-bond donors (Lipinski definition) is 5. The first-order chi connectivity index (χ1) is 20.5. The Morgan fingerprint density at radius 3 is 2.07 bits per heavy atom. The lowest BCUT2D eigenvalue weighted by molar-refractivity contribution is -0.136. The highest BCUT2D eigenvalue weighted by Gasteiger charge is 2.27. The van der Waals surface area contributed by atoms with Crippen molar-refractivity contribution in [1.82, 2.24) is 0 Å². The van der Waals surface area contributed by atoms with Crippen molar-refractivity contribution < 1.29 is 53.8 Å². The molecule has 218 valence electrons. The number of carboxylic acids is 2. The van der Waals surface area contributed by atoms with E-state index in [0.29, 0.717) is 5.39 Å². The lowest BCUT2D eigenvalue weighted by Crippen LogP contribution is -2.11. The molecule has 0 bridgehead atoms. The number of carbonyl (C=O) groups is 3. The van der Waals surface area contributed by atoms with E-state index in [2.05, 4.69) is 0 Å². The lowest BCUT2D eigenvalue weighted by Gasteiger charge is -2.19. The number of ketones is 1. The second kappa shape index (κ2) is 10.7. The number of aliphatic hydroxyl groups excluding tert-OH is 1. The van der Waals surface area contributed by atoms with Gasteiger partial charge in [0.1, 0.15) is 34.1 Å². The predicted molar refractivity (Wildman–Crippen MR) is 154 cm³/mol. The normalized spacial score (nSPS) is 11.6. The molecule has 0 aliphatic heterocycles. The van der Waals surface area contributed by atoms with Gasteiger partial charge in [-0.25, -0.2) is 9.59 Å². The van der Waals surface area contributed by atoms with Crippen LogP contribution in [0.25, 0.3) is 38.1 Å². The van der Waals surface area contributed by atoms with Crippen molar-refractivity contribution >= 4 is 55.8 Å². The van der Waals surface area contributed by atoms with Gasteiger partial charge in [-0.15, -0.1) is 0 Å². The molecule has 0 unspecified atom stereocenters. The molecule has 0 spiro atoms. The van der Waals surface area contributed by atoms with E-state index in [4.69, 9.17) is 13.9 Å². The lowest BCUT2D eigenvalue weighted by atomic mass is 9.90. The van der Waals surface area contributed by atoms with Gasteiger partial charge in [0, 0.05) is 6.08 Å². The highest BCUT2D eigenvalue weighted by molar-refractivity contribution is 6.20. The molecule has 0 fully saturated rings. The molecule has 5 N–H and O–H groups in total. The SMILES string of the molecule is COc1c(C(=O)/C=C(\O)c2ccccc2O)c(CC(=O)O)cc2cc3cc4cc(C(=O)O)oc(=O)c4c(O)c3c(OC)c12. The summed E-state index contributed by atoms with van der Waals surface area (Å²) in [7, 11) is 2.50. The maximum absolute atomic E-state index is 13.6. The van der Waals surface area contributed by atoms with Crippen molar-refractivity contribution in [1.29, 1.82) is 0 Å². The first-order valence-corrected chi connectivity index (χ1v) is 12.5. The summed E-state index contributed by atoms with van der Waals surface area (Å²) in [5, 5.41) is 51.4. The molecule has 0 atom stereocenters. The zero-order chi connectivity index (χ0) is 31.2. The number of aliphatic hydroxyl groups is 1. The third kappa shape index (κ3) is 4.80. The van der Waals surface area contributed by atoms with Crippen molar-refractivity contribution in [2.45, 2.75) is 6.42 Å². The van der Waals surface area contributed by atoms with E-state index >= 15 is 0 Å². The van der Waals surface area contributed by atoms with E-state index < -0.39 is 47.0 Å². The number of fused-ring (bicyclic) bond motifs is 3. The van der Waals surface area contributed by atoms with Gasteiger partial charge in [-0.2, -0.15) is 0 Å². The summed E-state index contributed by atoms with van der Waals surface area (Å²) in [5.41, 5.74) is -1.37. The van der Waals surface area contributed by atoms with Crippen LogP contribution in [0.15, 0.2) is 63.8 Å². The summed E-state index contributed by atoms with van der Waals surface area (Å²) in [6.45, 7) is 0. The Labute approximate surface area is 240 Å². The number of aliphatic carboxylic acids is 1. The zero-order valence-corrected chi connectivity index (χ0v) is 22.5. The number of ether oxygens (including phenoxy) is 2. The number of benzene rings is 4. The maximum atomic E-state index is 13.6. The van der Waals surface area contributed by atoms with Crippen LogP contribution < -0.4 is 15.1 Å². The molecule has 0 radical (unpaired) electrons. The minimum atomic E-state index is -1.49. The standard InChI is InChI=1S/C31H22O12/c1-41-28-23(20(34)12-19(33)17-5-3-4-6-18(17)32)16(11-22(35)36)9-14-7-13-8-15-10-21(30(38)39)43-31(40)25(15)27(37)24(13)29(42-2)26(14)28/h3-10,12,32-33,37H,11H2,1-2H3,(H,35,36)(H,38,39)/b19-12-. The predicted octanol–water partition coefficient (Wildman–Crippen LogP) is 4.63. The van der Waals surface area contributed by atoms with Crippen LogP contribution >= 0.6 is 0 Å². The third-order valence-electron chi connectivity index (χ3n) is 6.87. The molecule has 0 aliphatic carbocycles. The van der Waals surface area contributed by atoms with Gasteiger partial charge in [0.25, 0.3) is 0 Å². The van der Waals surface area contributed by atoms with Gasteiger partial charge in [-0.1, -0.05) is 12.1 Å². The molecule has 5 rings (SSSR count). The van der Waals surface area contributed by atoms with Crippen LogP contribution in [-0.4, -0.2) is 57.5 Å². The van der Waals surface area contributed by atoms with E-state index in [1.165, 1.54) is 56.7 Å². The largest absolute Gasteiger partial charge is 0.507 e. The van der Waals surface area contributed by atoms with E-state index in [0.717, 1.165) is 12.1 Å². The summed E-state index contributed by atoms with van der Waals surface area (Å²) in [5.74, 6) is -5.92. The maximum Gasteiger partial charge on any atom is 0.371 e. The molecular weight excluding hydrogens is 564 g/mol. The number of carbonyl (C=O) groups excluding carboxylic acids is 1.